The fourth-order valence-corrected chi connectivity index (χ4v) is 4.18. The van der Waals surface area contributed by atoms with E-state index in [1.165, 1.54) is 19.5 Å². The predicted octanol–water partition coefficient (Wildman–Crippen LogP) is 2.57. The number of fused-ring (bicyclic) bond motifs is 2. The average molecular weight is 369 g/mol. The standard InChI is InChI=1S/C20H23N3O4/c1-25-16-4-3-5-17(9-16)27-12-18-13-6-7-15(8-13)23(18)19(24)14-10-21-20(26-2)22-11-14/h3-5,9-11,13,15,18H,6-8,12H2,1-2H3/t13-,15+,18+/m0/s1. The molecule has 1 saturated carbocycles. The lowest BCUT2D eigenvalue weighted by atomic mass is 9.99. The maximum atomic E-state index is 13.1. The van der Waals surface area contributed by atoms with Crippen LogP contribution in [0.3, 0.4) is 0 Å². The van der Waals surface area contributed by atoms with Gasteiger partial charge in [0, 0.05) is 24.5 Å². The molecule has 1 amide bonds. The molecule has 4 rings (SSSR count). The Balaban J connectivity index is 1.49. The summed E-state index contributed by atoms with van der Waals surface area (Å²) in [6.07, 6.45) is 6.28. The van der Waals surface area contributed by atoms with Gasteiger partial charge >= 0.3 is 6.01 Å². The van der Waals surface area contributed by atoms with Gasteiger partial charge in [0.2, 0.25) is 0 Å². The van der Waals surface area contributed by atoms with Crippen molar-refractivity contribution in [3.63, 3.8) is 0 Å². The number of ether oxygens (including phenoxy) is 3. The van der Waals surface area contributed by atoms with E-state index in [-0.39, 0.29) is 24.0 Å². The minimum absolute atomic E-state index is 0.0379. The number of carbonyl (C=O) groups is 1. The SMILES string of the molecule is COc1cccc(OC[C@@H]2[C@H]3CC[C@H](C3)N2C(=O)c2cnc(OC)nc2)c1. The maximum Gasteiger partial charge on any atom is 0.316 e. The van der Waals surface area contributed by atoms with Crippen molar-refractivity contribution in [1.29, 1.82) is 0 Å². The highest BCUT2D eigenvalue weighted by atomic mass is 16.5. The number of carbonyl (C=O) groups excluding carboxylic acids is 1. The van der Waals surface area contributed by atoms with E-state index in [0.29, 0.717) is 18.1 Å². The number of hydrogen-bond donors (Lipinski definition) is 0. The average Bonchev–Trinajstić information content (AvgIpc) is 3.33. The van der Waals surface area contributed by atoms with Crippen molar-refractivity contribution >= 4 is 5.91 Å². The Morgan fingerprint density at radius 1 is 1.15 bits per heavy atom. The summed E-state index contributed by atoms with van der Waals surface area (Å²) >= 11 is 0. The van der Waals surface area contributed by atoms with Crippen molar-refractivity contribution in [2.24, 2.45) is 5.92 Å². The number of benzene rings is 1. The van der Waals surface area contributed by atoms with Crippen molar-refractivity contribution in [3.8, 4) is 17.5 Å². The quantitative estimate of drug-likeness (QED) is 0.779. The Kier molecular flexibility index (Phi) is 4.83. The summed E-state index contributed by atoms with van der Waals surface area (Å²) in [6, 6.07) is 8.12. The summed E-state index contributed by atoms with van der Waals surface area (Å²) in [4.78, 5) is 23.2. The summed E-state index contributed by atoms with van der Waals surface area (Å²) < 4.78 is 16.2. The Labute approximate surface area is 158 Å². The zero-order valence-electron chi connectivity index (χ0n) is 15.5. The molecule has 0 unspecified atom stereocenters. The number of methoxy groups -OCH3 is 2. The minimum atomic E-state index is -0.0379. The van der Waals surface area contributed by atoms with Crippen molar-refractivity contribution < 1.29 is 19.0 Å². The van der Waals surface area contributed by atoms with E-state index in [9.17, 15) is 4.79 Å². The van der Waals surface area contributed by atoms with Crippen molar-refractivity contribution in [2.75, 3.05) is 20.8 Å². The zero-order chi connectivity index (χ0) is 18.8. The first-order valence-electron chi connectivity index (χ1n) is 9.15. The van der Waals surface area contributed by atoms with Crippen LogP contribution in [0.4, 0.5) is 0 Å². The summed E-state index contributed by atoms with van der Waals surface area (Å²) in [5.74, 6) is 1.94. The van der Waals surface area contributed by atoms with E-state index in [1.807, 2.05) is 29.2 Å². The summed E-state index contributed by atoms with van der Waals surface area (Å²) in [6.45, 7) is 0.469. The van der Waals surface area contributed by atoms with Crippen LogP contribution in [0.5, 0.6) is 17.5 Å². The van der Waals surface area contributed by atoms with Crippen molar-refractivity contribution in [1.82, 2.24) is 14.9 Å². The molecule has 2 heterocycles. The Morgan fingerprint density at radius 2 is 1.93 bits per heavy atom. The van der Waals surface area contributed by atoms with Gasteiger partial charge in [-0.25, -0.2) is 9.97 Å². The van der Waals surface area contributed by atoms with E-state index in [1.54, 1.807) is 7.11 Å². The molecule has 2 bridgehead atoms. The fraction of sp³-hybridized carbons (Fsp3) is 0.450. The van der Waals surface area contributed by atoms with Gasteiger partial charge in [-0.3, -0.25) is 4.79 Å². The molecule has 1 aliphatic carbocycles. The third-order valence-electron chi connectivity index (χ3n) is 5.49. The molecule has 1 saturated heterocycles. The first kappa shape index (κ1) is 17.6. The molecule has 0 spiro atoms. The number of amides is 1. The Hall–Kier alpha value is -2.83. The van der Waals surface area contributed by atoms with Gasteiger partial charge in [-0.2, -0.15) is 0 Å². The lowest BCUT2D eigenvalue weighted by Gasteiger charge is -2.35. The molecule has 27 heavy (non-hydrogen) atoms. The molecule has 1 aromatic heterocycles. The van der Waals surface area contributed by atoms with Gasteiger partial charge in [-0.1, -0.05) is 6.07 Å². The molecular weight excluding hydrogens is 346 g/mol. The molecule has 0 N–H and O–H groups in total. The van der Waals surface area contributed by atoms with E-state index >= 15 is 0 Å². The number of aromatic nitrogens is 2. The van der Waals surface area contributed by atoms with E-state index < -0.39 is 0 Å². The van der Waals surface area contributed by atoms with Crippen molar-refractivity contribution in [3.05, 3.63) is 42.2 Å². The molecule has 2 fully saturated rings. The summed E-state index contributed by atoms with van der Waals surface area (Å²) in [5, 5.41) is 0. The van der Waals surface area contributed by atoms with Crippen LogP contribution in [-0.2, 0) is 0 Å². The Morgan fingerprint density at radius 3 is 2.67 bits per heavy atom. The molecule has 1 aromatic carbocycles. The molecule has 1 aliphatic heterocycles. The van der Waals surface area contributed by atoms with Crippen LogP contribution in [0.2, 0.25) is 0 Å². The second kappa shape index (κ2) is 7.42. The largest absolute Gasteiger partial charge is 0.497 e. The van der Waals surface area contributed by atoms with E-state index in [4.69, 9.17) is 14.2 Å². The molecule has 142 valence electrons. The zero-order valence-corrected chi connectivity index (χ0v) is 15.5. The third-order valence-corrected chi connectivity index (χ3v) is 5.49. The second-order valence-corrected chi connectivity index (χ2v) is 6.96. The molecular formula is C20H23N3O4. The van der Waals surface area contributed by atoms with Gasteiger partial charge in [-0.15, -0.1) is 0 Å². The highest BCUT2D eigenvalue weighted by molar-refractivity contribution is 5.94. The van der Waals surface area contributed by atoms with Crippen LogP contribution in [-0.4, -0.2) is 53.7 Å². The molecule has 2 aromatic rings. The van der Waals surface area contributed by atoms with Crippen LogP contribution in [0.1, 0.15) is 29.6 Å². The monoisotopic (exact) mass is 369 g/mol. The second-order valence-electron chi connectivity index (χ2n) is 6.96. The molecule has 2 aliphatic rings. The summed E-state index contributed by atoms with van der Waals surface area (Å²) in [5.41, 5.74) is 0.481. The van der Waals surface area contributed by atoms with Gasteiger partial charge in [0.05, 0.1) is 25.8 Å². The van der Waals surface area contributed by atoms with Crippen LogP contribution >= 0.6 is 0 Å². The molecule has 0 radical (unpaired) electrons. The number of piperidine rings is 1. The highest BCUT2D eigenvalue weighted by Gasteiger charge is 2.48. The highest BCUT2D eigenvalue weighted by Crippen LogP contribution is 2.43. The fourth-order valence-electron chi connectivity index (χ4n) is 4.18. The minimum Gasteiger partial charge on any atom is -0.497 e. The van der Waals surface area contributed by atoms with E-state index in [0.717, 1.165) is 30.8 Å². The third kappa shape index (κ3) is 3.41. The normalized spacial score (nSPS) is 23.3. The predicted molar refractivity (Wildman–Crippen MR) is 98.2 cm³/mol. The lowest BCUT2D eigenvalue weighted by Crippen LogP contribution is -2.47. The number of likely N-dealkylation sites (tertiary alicyclic amines) is 1. The first-order chi connectivity index (χ1) is 13.2. The van der Waals surface area contributed by atoms with Gasteiger partial charge in [0.1, 0.15) is 18.1 Å². The first-order valence-corrected chi connectivity index (χ1v) is 9.15. The van der Waals surface area contributed by atoms with Gasteiger partial charge in [0.15, 0.2) is 0 Å². The van der Waals surface area contributed by atoms with Crippen LogP contribution < -0.4 is 14.2 Å². The smallest absolute Gasteiger partial charge is 0.316 e. The topological polar surface area (TPSA) is 73.8 Å². The molecule has 7 heteroatoms. The molecule has 7 nitrogen and oxygen atoms in total. The Bertz CT molecular complexity index is 811. The molecule has 3 atom stereocenters. The van der Waals surface area contributed by atoms with Crippen molar-refractivity contribution in [2.45, 2.75) is 31.3 Å². The lowest BCUT2D eigenvalue weighted by molar-refractivity contribution is 0.0504. The van der Waals surface area contributed by atoms with E-state index in [2.05, 4.69) is 9.97 Å². The number of hydrogen-bond acceptors (Lipinski definition) is 6. The van der Waals surface area contributed by atoms with Gasteiger partial charge in [-0.05, 0) is 37.3 Å². The number of rotatable bonds is 6. The van der Waals surface area contributed by atoms with Gasteiger partial charge in [0.25, 0.3) is 5.91 Å². The van der Waals surface area contributed by atoms with Crippen LogP contribution in [0, 0.1) is 5.92 Å². The van der Waals surface area contributed by atoms with Crippen LogP contribution in [0.25, 0.3) is 0 Å². The maximum absolute atomic E-state index is 13.1. The summed E-state index contributed by atoms with van der Waals surface area (Å²) in [7, 11) is 3.13. The van der Waals surface area contributed by atoms with Crippen LogP contribution in [0.15, 0.2) is 36.7 Å². The van der Waals surface area contributed by atoms with Gasteiger partial charge < -0.3 is 19.1 Å². The number of nitrogens with zero attached hydrogens (tertiary/aromatic N) is 3.